The Hall–Kier alpha value is -0.300. The Kier molecular flexibility index (Phi) is 7.59. The predicted octanol–water partition coefficient (Wildman–Crippen LogP) is 0.105. The first-order valence-corrected chi connectivity index (χ1v) is 6.16. The van der Waals surface area contributed by atoms with Crippen molar-refractivity contribution in [2.24, 2.45) is 0 Å². The Labute approximate surface area is 102 Å². The number of ether oxygens (including phenoxy) is 1. The first-order chi connectivity index (χ1) is 8.18. The molecule has 1 fully saturated rings. The van der Waals surface area contributed by atoms with Gasteiger partial charge in [-0.3, -0.25) is 4.90 Å². The average Bonchev–Trinajstić information content (AvgIpc) is 2.30. The van der Waals surface area contributed by atoms with Crippen molar-refractivity contribution < 1.29 is 13.5 Å². The third-order valence-electron chi connectivity index (χ3n) is 2.87. The summed E-state index contributed by atoms with van der Waals surface area (Å²) in [6.07, 6.45) is -2.36. The minimum Gasteiger partial charge on any atom is -0.374 e. The van der Waals surface area contributed by atoms with Crippen molar-refractivity contribution >= 4 is 0 Å². The lowest BCUT2D eigenvalue weighted by Gasteiger charge is -2.32. The van der Waals surface area contributed by atoms with Crippen LogP contribution in [0.3, 0.4) is 0 Å². The standard InChI is InChI=1S/C11H23F2N3O/c1-15-5-7-16(8-6-15)4-2-14-3-9-17-10-11(12)13/h11,14H,2-10H2,1H3. The zero-order chi connectivity index (χ0) is 12.5. The summed E-state index contributed by atoms with van der Waals surface area (Å²) in [6, 6.07) is 0. The summed E-state index contributed by atoms with van der Waals surface area (Å²) in [5.41, 5.74) is 0. The summed E-state index contributed by atoms with van der Waals surface area (Å²) in [6.45, 7) is 6.91. The van der Waals surface area contributed by atoms with Gasteiger partial charge in [0.2, 0.25) is 0 Å². The van der Waals surface area contributed by atoms with Crippen molar-refractivity contribution in [3.63, 3.8) is 0 Å². The van der Waals surface area contributed by atoms with E-state index in [0.29, 0.717) is 13.2 Å². The fourth-order valence-corrected chi connectivity index (χ4v) is 1.75. The Balaban J connectivity index is 1.84. The highest BCUT2D eigenvalue weighted by molar-refractivity contribution is 4.69. The van der Waals surface area contributed by atoms with Crippen LogP contribution in [0.15, 0.2) is 0 Å². The van der Waals surface area contributed by atoms with Crippen LogP contribution in [0, 0.1) is 0 Å². The lowest BCUT2D eigenvalue weighted by molar-refractivity contribution is 0.0186. The topological polar surface area (TPSA) is 27.7 Å². The summed E-state index contributed by atoms with van der Waals surface area (Å²) in [4.78, 5) is 4.73. The van der Waals surface area contributed by atoms with Gasteiger partial charge in [-0.25, -0.2) is 8.78 Å². The van der Waals surface area contributed by atoms with Gasteiger partial charge in [-0.1, -0.05) is 0 Å². The van der Waals surface area contributed by atoms with Crippen LogP contribution in [0.1, 0.15) is 0 Å². The minimum atomic E-state index is -2.36. The maximum Gasteiger partial charge on any atom is 0.261 e. The second-order valence-electron chi connectivity index (χ2n) is 4.36. The van der Waals surface area contributed by atoms with E-state index in [9.17, 15) is 8.78 Å². The van der Waals surface area contributed by atoms with Gasteiger partial charge >= 0.3 is 0 Å². The molecule has 4 nitrogen and oxygen atoms in total. The molecule has 0 saturated carbocycles. The Morgan fingerprint density at radius 2 is 1.88 bits per heavy atom. The summed E-state index contributed by atoms with van der Waals surface area (Å²) in [5.74, 6) is 0. The highest BCUT2D eigenvalue weighted by Gasteiger charge is 2.12. The van der Waals surface area contributed by atoms with Crippen LogP contribution in [0.25, 0.3) is 0 Å². The van der Waals surface area contributed by atoms with Crippen LogP contribution in [0.4, 0.5) is 8.78 Å². The van der Waals surface area contributed by atoms with E-state index in [1.165, 1.54) is 0 Å². The van der Waals surface area contributed by atoms with Gasteiger partial charge in [0.05, 0.1) is 6.61 Å². The second kappa shape index (κ2) is 8.74. The van der Waals surface area contributed by atoms with Crippen LogP contribution < -0.4 is 5.32 Å². The van der Waals surface area contributed by atoms with E-state index in [0.717, 1.165) is 39.3 Å². The normalized spacial score (nSPS) is 19.1. The molecule has 1 N–H and O–H groups in total. The SMILES string of the molecule is CN1CCN(CCNCCOCC(F)F)CC1. The fourth-order valence-electron chi connectivity index (χ4n) is 1.75. The van der Waals surface area contributed by atoms with Gasteiger partial charge in [0, 0.05) is 45.8 Å². The van der Waals surface area contributed by atoms with Crippen molar-refractivity contribution in [1.29, 1.82) is 0 Å². The van der Waals surface area contributed by atoms with Gasteiger partial charge in [-0.15, -0.1) is 0 Å². The lowest BCUT2D eigenvalue weighted by Crippen LogP contribution is -2.46. The number of likely N-dealkylation sites (N-methyl/N-ethyl adjacent to an activating group) is 1. The van der Waals surface area contributed by atoms with Crippen LogP contribution >= 0.6 is 0 Å². The van der Waals surface area contributed by atoms with E-state index in [-0.39, 0.29) is 0 Å². The zero-order valence-electron chi connectivity index (χ0n) is 10.5. The van der Waals surface area contributed by atoms with Crippen molar-refractivity contribution in [2.75, 3.05) is 66.1 Å². The first kappa shape index (κ1) is 14.8. The molecule has 0 radical (unpaired) electrons. The number of hydrogen-bond acceptors (Lipinski definition) is 4. The summed E-state index contributed by atoms with van der Waals surface area (Å²) in [7, 11) is 2.13. The molecule has 17 heavy (non-hydrogen) atoms. The fraction of sp³-hybridized carbons (Fsp3) is 1.00. The third-order valence-corrected chi connectivity index (χ3v) is 2.87. The molecule has 1 heterocycles. The van der Waals surface area contributed by atoms with Crippen LogP contribution in [-0.2, 0) is 4.74 Å². The smallest absolute Gasteiger partial charge is 0.261 e. The van der Waals surface area contributed by atoms with Crippen molar-refractivity contribution in [3.05, 3.63) is 0 Å². The van der Waals surface area contributed by atoms with Gasteiger partial charge in [0.25, 0.3) is 6.43 Å². The summed E-state index contributed by atoms with van der Waals surface area (Å²) < 4.78 is 28.2. The molecule has 0 atom stereocenters. The monoisotopic (exact) mass is 251 g/mol. The van der Waals surface area contributed by atoms with Gasteiger partial charge in [0.1, 0.15) is 6.61 Å². The molecule has 0 aromatic heterocycles. The summed E-state index contributed by atoms with van der Waals surface area (Å²) >= 11 is 0. The predicted molar refractivity (Wildman–Crippen MR) is 63.6 cm³/mol. The lowest BCUT2D eigenvalue weighted by atomic mass is 10.3. The van der Waals surface area contributed by atoms with Gasteiger partial charge < -0.3 is 15.0 Å². The molecule has 1 rings (SSSR count). The largest absolute Gasteiger partial charge is 0.374 e. The Morgan fingerprint density at radius 3 is 2.53 bits per heavy atom. The summed E-state index contributed by atoms with van der Waals surface area (Å²) in [5, 5.41) is 3.19. The van der Waals surface area contributed by atoms with E-state index in [2.05, 4.69) is 22.2 Å². The van der Waals surface area contributed by atoms with Crippen molar-refractivity contribution in [3.8, 4) is 0 Å². The van der Waals surface area contributed by atoms with Gasteiger partial charge in [-0.2, -0.15) is 0 Å². The van der Waals surface area contributed by atoms with E-state index in [4.69, 9.17) is 4.74 Å². The molecule has 0 aliphatic carbocycles. The van der Waals surface area contributed by atoms with Crippen molar-refractivity contribution in [1.82, 2.24) is 15.1 Å². The Bertz CT molecular complexity index is 188. The molecule has 0 bridgehead atoms. The number of rotatable bonds is 8. The molecule has 0 spiro atoms. The minimum absolute atomic E-state index is 0.354. The second-order valence-corrected chi connectivity index (χ2v) is 4.36. The molecule has 1 saturated heterocycles. The molecule has 0 unspecified atom stereocenters. The maximum absolute atomic E-state index is 11.7. The van der Waals surface area contributed by atoms with E-state index in [1.54, 1.807) is 0 Å². The molecular weight excluding hydrogens is 228 g/mol. The van der Waals surface area contributed by atoms with Crippen molar-refractivity contribution in [2.45, 2.75) is 6.43 Å². The molecule has 0 aromatic rings. The maximum atomic E-state index is 11.7. The van der Waals surface area contributed by atoms with E-state index >= 15 is 0 Å². The Morgan fingerprint density at radius 1 is 1.18 bits per heavy atom. The van der Waals surface area contributed by atoms with Gasteiger partial charge in [0.15, 0.2) is 0 Å². The number of alkyl halides is 2. The van der Waals surface area contributed by atoms with E-state index < -0.39 is 13.0 Å². The number of halogens is 2. The van der Waals surface area contributed by atoms with Crippen LogP contribution in [0.2, 0.25) is 0 Å². The first-order valence-electron chi connectivity index (χ1n) is 6.16. The molecule has 1 aliphatic rings. The third kappa shape index (κ3) is 7.59. The highest BCUT2D eigenvalue weighted by Crippen LogP contribution is 1.97. The van der Waals surface area contributed by atoms with Crippen LogP contribution in [0.5, 0.6) is 0 Å². The molecule has 6 heteroatoms. The molecule has 102 valence electrons. The molecule has 1 aliphatic heterocycles. The number of piperazine rings is 1. The molecule has 0 aromatic carbocycles. The van der Waals surface area contributed by atoms with Crippen LogP contribution in [-0.4, -0.2) is 82.3 Å². The van der Waals surface area contributed by atoms with Gasteiger partial charge in [-0.05, 0) is 7.05 Å². The highest BCUT2D eigenvalue weighted by atomic mass is 19.3. The van der Waals surface area contributed by atoms with E-state index in [1.807, 2.05) is 0 Å². The number of hydrogen-bond donors (Lipinski definition) is 1. The number of nitrogens with one attached hydrogen (secondary N) is 1. The molecule has 0 amide bonds. The zero-order valence-corrected chi connectivity index (χ0v) is 10.5. The average molecular weight is 251 g/mol. The molecular formula is C11H23F2N3O. The number of nitrogens with zero attached hydrogens (tertiary/aromatic N) is 2. The quantitative estimate of drug-likeness (QED) is 0.620.